The Kier molecular flexibility index (Phi) is 8.84. The largest absolute Gasteiger partial charge is 0.455 e. The topological polar surface area (TPSA) is 32.8 Å². The fourth-order valence-electron chi connectivity index (χ4n) is 11.1. The maximum atomic E-state index is 7.39. The summed E-state index contributed by atoms with van der Waals surface area (Å²) >= 11 is 0. The lowest BCUT2D eigenvalue weighted by atomic mass is 9.67. The average molecular weight is 861 g/mol. The van der Waals surface area contributed by atoms with Crippen LogP contribution in [0.2, 0.25) is 0 Å². The van der Waals surface area contributed by atoms with Crippen molar-refractivity contribution in [2.24, 2.45) is 0 Å². The number of hydrogen-bond acceptors (Lipinski definition) is 4. The van der Waals surface area contributed by atoms with Crippen LogP contribution in [0, 0.1) is 13.8 Å². The maximum absolute atomic E-state index is 7.39. The van der Waals surface area contributed by atoms with Crippen LogP contribution in [0.4, 0.5) is 34.1 Å². The highest BCUT2D eigenvalue weighted by Crippen LogP contribution is 2.64. The van der Waals surface area contributed by atoms with Gasteiger partial charge < -0.3 is 18.6 Å². The van der Waals surface area contributed by atoms with Crippen molar-refractivity contribution >= 4 is 78.0 Å². The second kappa shape index (κ2) is 15.3. The molecule has 0 N–H and O–H groups in total. The van der Waals surface area contributed by atoms with Crippen molar-refractivity contribution in [3.05, 3.63) is 264 Å². The molecule has 318 valence electrons. The Hall–Kier alpha value is -8.60. The van der Waals surface area contributed by atoms with Crippen molar-refractivity contribution in [2.75, 3.05) is 9.80 Å². The van der Waals surface area contributed by atoms with E-state index >= 15 is 0 Å². The van der Waals surface area contributed by atoms with Gasteiger partial charge in [0.2, 0.25) is 0 Å². The van der Waals surface area contributed by atoms with Crippen molar-refractivity contribution in [3.8, 4) is 11.1 Å². The monoisotopic (exact) mass is 860 g/mol. The molecule has 0 saturated heterocycles. The van der Waals surface area contributed by atoms with Crippen LogP contribution >= 0.6 is 0 Å². The first-order chi connectivity index (χ1) is 33.1. The quantitative estimate of drug-likeness (QED) is 0.152. The van der Waals surface area contributed by atoms with Gasteiger partial charge in [-0.2, -0.15) is 0 Å². The van der Waals surface area contributed by atoms with Gasteiger partial charge >= 0.3 is 0 Å². The highest BCUT2D eigenvalue weighted by molar-refractivity contribution is 6.25. The molecule has 0 fully saturated rings. The van der Waals surface area contributed by atoms with E-state index in [9.17, 15) is 0 Å². The predicted molar refractivity (Wildman–Crippen MR) is 277 cm³/mol. The first-order valence-electron chi connectivity index (χ1n) is 23.0. The third kappa shape index (κ3) is 5.73. The van der Waals surface area contributed by atoms with Crippen LogP contribution in [0.5, 0.6) is 0 Å². The number of aryl methyl sites for hydroxylation is 2. The third-order valence-electron chi connectivity index (χ3n) is 14.0. The van der Waals surface area contributed by atoms with Crippen LogP contribution in [-0.2, 0) is 5.41 Å². The molecular formula is C63H44N2O2. The lowest BCUT2D eigenvalue weighted by Gasteiger charge is -2.36. The number of hydrogen-bond donors (Lipinski definition) is 0. The van der Waals surface area contributed by atoms with Gasteiger partial charge in [-0.25, -0.2) is 0 Å². The Labute approximate surface area is 389 Å². The van der Waals surface area contributed by atoms with E-state index in [0.717, 1.165) is 111 Å². The molecule has 0 aliphatic heterocycles. The molecule has 0 spiro atoms. The maximum Gasteiger partial charge on any atom is 0.145 e. The van der Waals surface area contributed by atoms with Gasteiger partial charge in [0, 0.05) is 44.6 Å². The van der Waals surface area contributed by atoms with Gasteiger partial charge in [0.15, 0.2) is 0 Å². The number of anilines is 6. The van der Waals surface area contributed by atoms with Crippen molar-refractivity contribution < 1.29 is 8.83 Å². The summed E-state index contributed by atoms with van der Waals surface area (Å²) < 4.78 is 14.8. The molecule has 67 heavy (non-hydrogen) atoms. The second-order valence-electron chi connectivity index (χ2n) is 17.6. The molecule has 12 aromatic rings. The minimum atomic E-state index is -0.848. The summed E-state index contributed by atoms with van der Waals surface area (Å²) in [6.45, 7) is 4.40. The standard InChI is InChI=1S/C63H44N2O2/c1-41-23-15-19-35-51(41)64(45-29-11-5-12-30-45)53-39-49-59(61-57(53)47-33-17-21-37-55(47)66-61)60-50(63(49,43-25-7-3-8-26-43)44-27-9-4-10-28-44)40-54(58-48-34-18-22-38-56(48)67-62(58)60)65(46-31-13-6-14-32-46)52-36-20-16-24-42(52)2/h3-40H,1-2H3. The molecular weight excluding hydrogens is 817 g/mol. The van der Waals surface area contributed by atoms with E-state index < -0.39 is 5.41 Å². The molecule has 0 amide bonds. The smallest absolute Gasteiger partial charge is 0.145 e. The van der Waals surface area contributed by atoms with Crippen molar-refractivity contribution in [2.45, 2.75) is 19.3 Å². The van der Waals surface area contributed by atoms with Gasteiger partial charge in [-0.1, -0.05) is 170 Å². The normalized spacial score (nSPS) is 12.7. The molecule has 1 aliphatic rings. The fraction of sp³-hybridized carbons (Fsp3) is 0.0476. The summed E-state index contributed by atoms with van der Waals surface area (Å²) in [6.07, 6.45) is 0. The molecule has 2 aromatic heterocycles. The number of furan rings is 2. The van der Waals surface area contributed by atoms with Crippen LogP contribution < -0.4 is 9.80 Å². The minimum absolute atomic E-state index is 0.825. The summed E-state index contributed by atoms with van der Waals surface area (Å²) in [7, 11) is 0. The Morgan fingerprint density at radius 1 is 0.343 bits per heavy atom. The van der Waals surface area contributed by atoms with Crippen molar-refractivity contribution in [3.63, 3.8) is 0 Å². The third-order valence-corrected chi connectivity index (χ3v) is 14.0. The highest BCUT2D eigenvalue weighted by Gasteiger charge is 2.50. The van der Waals surface area contributed by atoms with Gasteiger partial charge in [-0.05, 0) is 108 Å². The Morgan fingerprint density at radius 3 is 1.09 bits per heavy atom. The van der Waals surface area contributed by atoms with Crippen LogP contribution in [-0.4, -0.2) is 0 Å². The summed E-state index contributed by atoms with van der Waals surface area (Å²) in [5.41, 5.74) is 17.8. The highest BCUT2D eigenvalue weighted by atomic mass is 16.3. The zero-order valence-corrected chi connectivity index (χ0v) is 37.2. The summed E-state index contributed by atoms with van der Waals surface area (Å²) in [5, 5.41) is 4.19. The zero-order valence-electron chi connectivity index (χ0n) is 37.2. The molecule has 0 bridgehead atoms. The van der Waals surface area contributed by atoms with Gasteiger partial charge in [-0.3, -0.25) is 0 Å². The zero-order chi connectivity index (χ0) is 44.6. The molecule has 0 saturated carbocycles. The first kappa shape index (κ1) is 38.8. The molecule has 1 aliphatic carbocycles. The Balaban J connectivity index is 1.28. The van der Waals surface area contributed by atoms with E-state index in [4.69, 9.17) is 8.83 Å². The van der Waals surface area contributed by atoms with Gasteiger partial charge in [0.25, 0.3) is 0 Å². The first-order valence-corrected chi connectivity index (χ1v) is 23.0. The molecule has 2 heterocycles. The van der Waals surface area contributed by atoms with E-state index in [2.05, 4.69) is 254 Å². The molecule has 13 rings (SSSR count). The van der Waals surface area contributed by atoms with E-state index in [0.29, 0.717) is 0 Å². The van der Waals surface area contributed by atoms with E-state index in [-0.39, 0.29) is 0 Å². The molecule has 4 heteroatoms. The average Bonchev–Trinajstić information content (AvgIpc) is 4.06. The van der Waals surface area contributed by atoms with Crippen LogP contribution in [0.1, 0.15) is 33.4 Å². The molecule has 0 unspecified atom stereocenters. The lowest BCUT2D eigenvalue weighted by Crippen LogP contribution is -2.29. The number of fused-ring (bicyclic) bond motifs is 11. The molecule has 10 aromatic carbocycles. The Morgan fingerprint density at radius 2 is 0.687 bits per heavy atom. The summed E-state index contributed by atoms with van der Waals surface area (Å²) in [6, 6.07) is 82.9. The number of benzene rings is 10. The number of rotatable bonds is 8. The summed E-state index contributed by atoms with van der Waals surface area (Å²) in [5.74, 6) is 0. The van der Waals surface area contributed by atoms with Crippen LogP contribution in [0.25, 0.3) is 55.0 Å². The van der Waals surface area contributed by atoms with Crippen LogP contribution in [0.15, 0.2) is 239 Å². The predicted octanol–water partition coefficient (Wildman–Crippen LogP) is 17.4. The number of para-hydroxylation sites is 6. The van der Waals surface area contributed by atoms with Crippen molar-refractivity contribution in [1.29, 1.82) is 0 Å². The van der Waals surface area contributed by atoms with Crippen molar-refractivity contribution in [1.82, 2.24) is 0 Å². The molecule has 4 nitrogen and oxygen atoms in total. The number of nitrogens with zero attached hydrogens (tertiary/aromatic N) is 2. The second-order valence-corrected chi connectivity index (χ2v) is 17.6. The Bertz CT molecular complexity index is 3580. The van der Waals surface area contributed by atoms with E-state index in [1.807, 2.05) is 0 Å². The van der Waals surface area contributed by atoms with Gasteiger partial charge in [-0.15, -0.1) is 0 Å². The van der Waals surface area contributed by atoms with Gasteiger partial charge in [0.1, 0.15) is 22.3 Å². The van der Waals surface area contributed by atoms with E-state index in [1.54, 1.807) is 0 Å². The van der Waals surface area contributed by atoms with Gasteiger partial charge in [0.05, 0.1) is 27.6 Å². The van der Waals surface area contributed by atoms with E-state index in [1.165, 1.54) is 11.1 Å². The fourth-order valence-corrected chi connectivity index (χ4v) is 11.1. The molecule has 0 atom stereocenters. The summed E-state index contributed by atoms with van der Waals surface area (Å²) in [4.78, 5) is 4.86. The minimum Gasteiger partial charge on any atom is -0.455 e. The lowest BCUT2D eigenvalue weighted by molar-refractivity contribution is 0.665. The SMILES string of the molecule is Cc1ccccc1N(c1ccccc1)c1cc2c(c3oc4ccccc4c13)-c1c(cc(N(c3ccccc3)c3ccccc3C)c3c1oc1ccccc13)C2(c1ccccc1)c1ccccc1. The molecule has 0 radical (unpaired) electrons. The van der Waals surface area contributed by atoms with Crippen LogP contribution in [0.3, 0.4) is 0 Å².